The highest BCUT2D eigenvalue weighted by molar-refractivity contribution is 7.89. The minimum absolute atomic E-state index is 0.0553. The largest absolute Gasteiger partial charge is 0.396 e. The lowest BCUT2D eigenvalue weighted by Crippen LogP contribution is -2.51. The molecular formula is C11H15NO3S. The minimum Gasteiger partial charge on any atom is -0.396 e. The number of aliphatic hydroxyl groups is 1. The third-order valence-corrected chi connectivity index (χ3v) is 4.89. The molecule has 1 fully saturated rings. The van der Waals surface area contributed by atoms with E-state index in [-0.39, 0.29) is 12.5 Å². The van der Waals surface area contributed by atoms with Gasteiger partial charge in [-0.1, -0.05) is 18.2 Å². The molecule has 0 spiro atoms. The van der Waals surface area contributed by atoms with Crippen molar-refractivity contribution >= 4 is 10.0 Å². The molecule has 0 saturated carbocycles. The zero-order chi connectivity index (χ0) is 11.8. The second kappa shape index (κ2) is 4.16. The van der Waals surface area contributed by atoms with Crippen molar-refractivity contribution in [2.75, 3.05) is 19.7 Å². The summed E-state index contributed by atoms with van der Waals surface area (Å²) in [6.07, 6.45) is 0. The Hall–Kier alpha value is -0.910. The van der Waals surface area contributed by atoms with Crippen LogP contribution in [0.1, 0.15) is 5.56 Å². The maximum atomic E-state index is 12.1. The lowest BCUT2D eigenvalue weighted by molar-refractivity contribution is 0.117. The Morgan fingerprint density at radius 1 is 1.38 bits per heavy atom. The molecule has 0 aliphatic carbocycles. The van der Waals surface area contributed by atoms with Crippen LogP contribution < -0.4 is 0 Å². The van der Waals surface area contributed by atoms with E-state index >= 15 is 0 Å². The highest BCUT2D eigenvalue weighted by Gasteiger charge is 2.36. The third kappa shape index (κ3) is 1.86. The molecule has 0 atom stereocenters. The summed E-state index contributed by atoms with van der Waals surface area (Å²) in [6, 6.07) is 6.96. The van der Waals surface area contributed by atoms with Gasteiger partial charge in [0, 0.05) is 25.6 Å². The van der Waals surface area contributed by atoms with Crippen LogP contribution in [-0.4, -0.2) is 37.5 Å². The number of rotatable bonds is 3. The second-order valence-electron chi connectivity index (χ2n) is 4.14. The van der Waals surface area contributed by atoms with Crippen molar-refractivity contribution in [3.8, 4) is 0 Å². The molecule has 0 unspecified atom stereocenters. The average Bonchev–Trinajstić information content (AvgIpc) is 2.16. The standard InChI is InChI=1S/C11H15NO3S/c1-9-4-2-3-5-11(9)16(14,15)12-6-10(7-12)8-13/h2-5,10,13H,6-8H2,1H3. The topological polar surface area (TPSA) is 57.6 Å². The van der Waals surface area contributed by atoms with E-state index in [2.05, 4.69) is 0 Å². The molecule has 5 heteroatoms. The quantitative estimate of drug-likeness (QED) is 0.843. The van der Waals surface area contributed by atoms with Crippen molar-refractivity contribution in [1.82, 2.24) is 4.31 Å². The van der Waals surface area contributed by atoms with E-state index in [1.54, 1.807) is 25.1 Å². The van der Waals surface area contributed by atoms with Crippen LogP contribution in [0.2, 0.25) is 0 Å². The summed E-state index contributed by atoms with van der Waals surface area (Å²) in [6.45, 7) is 2.69. The molecule has 1 heterocycles. The van der Waals surface area contributed by atoms with Crippen LogP contribution in [0.5, 0.6) is 0 Å². The van der Waals surface area contributed by atoms with Crippen LogP contribution >= 0.6 is 0 Å². The van der Waals surface area contributed by atoms with E-state index in [0.717, 1.165) is 5.56 Å². The maximum absolute atomic E-state index is 12.1. The molecule has 16 heavy (non-hydrogen) atoms. The Morgan fingerprint density at radius 2 is 2.00 bits per heavy atom. The van der Waals surface area contributed by atoms with E-state index in [1.807, 2.05) is 6.07 Å². The fourth-order valence-corrected chi connectivity index (χ4v) is 3.64. The average molecular weight is 241 g/mol. The number of hydrogen-bond acceptors (Lipinski definition) is 3. The van der Waals surface area contributed by atoms with Crippen LogP contribution in [0, 0.1) is 12.8 Å². The predicted octanol–water partition coefficient (Wildman–Crippen LogP) is 0.608. The summed E-state index contributed by atoms with van der Waals surface area (Å²) in [4.78, 5) is 0.367. The van der Waals surface area contributed by atoms with Gasteiger partial charge in [0.15, 0.2) is 0 Å². The fraction of sp³-hybridized carbons (Fsp3) is 0.455. The Kier molecular flexibility index (Phi) is 3.01. The van der Waals surface area contributed by atoms with Crippen LogP contribution in [0.4, 0.5) is 0 Å². The SMILES string of the molecule is Cc1ccccc1S(=O)(=O)N1CC(CO)C1. The van der Waals surface area contributed by atoms with Crippen molar-refractivity contribution in [3.63, 3.8) is 0 Å². The Balaban J connectivity index is 2.24. The van der Waals surface area contributed by atoms with Gasteiger partial charge in [0.1, 0.15) is 0 Å². The molecule has 0 radical (unpaired) electrons. The van der Waals surface area contributed by atoms with Gasteiger partial charge < -0.3 is 5.11 Å². The predicted molar refractivity (Wildman–Crippen MR) is 60.5 cm³/mol. The molecule has 1 aliphatic heterocycles. The summed E-state index contributed by atoms with van der Waals surface area (Å²) in [5.74, 6) is 0.0961. The highest BCUT2D eigenvalue weighted by atomic mass is 32.2. The van der Waals surface area contributed by atoms with E-state index in [9.17, 15) is 8.42 Å². The van der Waals surface area contributed by atoms with E-state index in [0.29, 0.717) is 18.0 Å². The number of sulfonamides is 1. The molecule has 0 bridgehead atoms. The Bertz CT molecular complexity index is 478. The van der Waals surface area contributed by atoms with E-state index < -0.39 is 10.0 Å². The van der Waals surface area contributed by atoms with Crippen molar-refractivity contribution in [2.24, 2.45) is 5.92 Å². The summed E-state index contributed by atoms with van der Waals surface area (Å²) < 4.78 is 25.7. The molecule has 2 rings (SSSR count). The van der Waals surface area contributed by atoms with Crippen molar-refractivity contribution in [1.29, 1.82) is 0 Å². The molecule has 0 aromatic heterocycles. The number of hydrogen-bond donors (Lipinski definition) is 1. The van der Waals surface area contributed by atoms with E-state index in [1.165, 1.54) is 4.31 Å². The number of benzene rings is 1. The van der Waals surface area contributed by atoms with Crippen LogP contribution in [0.3, 0.4) is 0 Å². The van der Waals surface area contributed by atoms with Gasteiger partial charge in [-0.25, -0.2) is 8.42 Å². The third-order valence-electron chi connectivity index (χ3n) is 2.89. The molecule has 4 nitrogen and oxygen atoms in total. The Morgan fingerprint density at radius 3 is 2.56 bits per heavy atom. The smallest absolute Gasteiger partial charge is 0.243 e. The van der Waals surface area contributed by atoms with Crippen molar-refractivity contribution in [2.45, 2.75) is 11.8 Å². The van der Waals surface area contributed by atoms with E-state index in [4.69, 9.17) is 5.11 Å². The van der Waals surface area contributed by atoms with Gasteiger partial charge in [0.05, 0.1) is 4.90 Å². The first-order chi connectivity index (χ1) is 7.55. The van der Waals surface area contributed by atoms with Gasteiger partial charge in [0.2, 0.25) is 10.0 Å². The van der Waals surface area contributed by atoms with Gasteiger partial charge in [-0.2, -0.15) is 4.31 Å². The maximum Gasteiger partial charge on any atom is 0.243 e. The summed E-state index contributed by atoms with van der Waals surface area (Å²) >= 11 is 0. The van der Waals surface area contributed by atoms with Crippen LogP contribution in [0.25, 0.3) is 0 Å². The first-order valence-electron chi connectivity index (χ1n) is 5.22. The number of aryl methyl sites for hydroxylation is 1. The molecule has 1 saturated heterocycles. The highest BCUT2D eigenvalue weighted by Crippen LogP contribution is 2.26. The van der Waals surface area contributed by atoms with Gasteiger partial charge in [-0.15, -0.1) is 0 Å². The lowest BCUT2D eigenvalue weighted by Gasteiger charge is -2.37. The molecule has 1 aliphatic rings. The summed E-state index contributed by atoms with van der Waals surface area (Å²) in [5.41, 5.74) is 0.759. The van der Waals surface area contributed by atoms with Gasteiger partial charge in [0.25, 0.3) is 0 Å². The van der Waals surface area contributed by atoms with Crippen molar-refractivity contribution in [3.05, 3.63) is 29.8 Å². The number of aliphatic hydroxyl groups excluding tert-OH is 1. The molecule has 1 aromatic rings. The van der Waals surface area contributed by atoms with Gasteiger partial charge >= 0.3 is 0 Å². The molecule has 1 aromatic carbocycles. The molecule has 88 valence electrons. The second-order valence-corrected chi connectivity index (χ2v) is 6.04. The zero-order valence-electron chi connectivity index (χ0n) is 9.13. The van der Waals surface area contributed by atoms with Gasteiger partial charge in [-0.05, 0) is 18.6 Å². The zero-order valence-corrected chi connectivity index (χ0v) is 9.94. The molecular weight excluding hydrogens is 226 g/mol. The Labute approximate surface area is 95.6 Å². The van der Waals surface area contributed by atoms with Crippen molar-refractivity contribution < 1.29 is 13.5 Å². The normalized spacial score (nSPS) is 18.4. The summed E-state index contributed by atoms with van der Waals surface area (Å²) in [5, 5.41) is 8.87. The number of nitrogens with zero attached hydrogens (tertiary/aromatic N) is 1. The summed E-state index contributed by atoms with van der Waals surface area (Å²) in [7, 11) is -3.35. The molecule has 0 amide bonds. The first-order valence-corrected chi connectivity index (χ1v) is 6.66. The fourth-order valence-electron chi connectivity index (χ4n) is 1.82. The molecule has 1 N–H and O–H groups in total. The van der Waals surface area contributed by atoms with Crippen LogP contribution in [0.15, 0.2) is 29.2 Å². The minimum atomic E-state index is -3.35. The first kappa shape index (κ1) is 11.6. The monoisotopic (exact) mass is 241 g/mol. The van der Waals surface area contributed by atoms with Gasteiger partial charge in [-0.3, -0.25) is 0 Å². The van der Waals surface area contributed by atoms with Crippen LogP contribution in [-0.2, 0) is 10.0 Å². The lowest BCUT2D eigenvalue weighted by atomic mass is 10.1.